The summed E-state index contributed by atoms with van der Waals surface area (Å²) in [5, 5.41) is 3.26. The number of nitrogens with one attached hydrogen (secondary N) is 1. The second-order valence-corrected chi connectivity index (χ2v) is 3.95. The quantitative estimate of drug-likeness (QED) is 0.791. The highest BCUT2D eigenvalue weighted by atomic mass is 79.9. The smallest absolute Gasteiger partial charge is 0.249 e. The molecule has 1 heterocycles. The van der Waals surface area contributed by atoms with Gasteiger partial charge in [-0.05, 0) is 23.3 Å². The van der Waals surface area contributed by atoms with Crippen molar-refractivity contribution in [3.05, 3.63) is 28.8 Å². The topological polar surface area (TPSA) is 72.2 Å². The summed E-state index contributed by atoms with van der Waals surface area (Å²) in [7, 11) is 0. The van der Waals surface area contributed by atoms with Crippen molar-refractivity contribution >= 4 is 33.4 Å². The fraction of sp³-hybridized carbons (Fsp3) is 0.200. The minimum absolute atomic E-state index is 0.0489. The number of carbonyl (C=O) groups is 2. The Hall–Kier alpha value is -1.36. The highest BCUT2D eigenvalue weighted by Crippen LogP contribution is 2.27. The first kappa shape index (κ1) is 10.2. The Balaban J connectivity index is 2.55. The van der Waals surface area contributed by atoms with Gasteiger partial charge in [-0.15, -0.1) is 0 Å². The highest BCUT2D eigenvalue weighted by molar-refractivity contribution is 9.08. The van der Waals surface area contributed by atoms with Crippen LogP contribution in [0.3, 0.4) is 0 Å². The summed E-state index contributed by atoms with van der Waals surface area (Å²) in [5.74, 6) is -0.515. The van der Waals surface area contributed by atoms with Crippen LogP contribution in [0.5, 0.6) is 0 Å². The van der Waals surface area contributed by atoms with Crippen molar-refractivity contribution in [3.8, 4) is 0 Å². The van der Waals surface area contributed by atoms with Crippen molar-refractivity contribution in [2.75, 3.05) is 5.32 Å². The van der Waals surface area contributed by atoms with E-state index in [0.29, 0.717) is 17.3 Å². The molecule has 0 unspecified atom stereocenters. The van der Waals surface area contributed by atoms with Gasteiger partial charge in [0.15, 0.2) is 0 Å². The molecule has 1 aliphatic heterocycles. The number of nitrogens with two attached hydrogens (primary N) is 1. The van der Waals surface area contributed by atoms with Gasteiger partial charge in [-0.25, -0.2) is 0 Å². The molecule has 0 saturated heterocycles. The lowest BCUT2D eigenvalue weighted by Crippen LogP contribution is -2.13. The van der Waals surface area contributed by atoms with Crippen LogP contribution in [-0.4, -0.2) is 11.8 Å². The summed E-state index contributed by atoms with van der Waals surface area (Å²) < 4.78 is 0. The largest absolute Gasteiger partial charge is 0.366 e. The number of fused-ring (bicyclic) bond motifs is 1. The molecule has 0 aromatic heterocycles. The van der Waals surface area contributed by atoms with Crippen molar-refractivity contribution in [2.45, 2.75) is 11.8 Å². The molecule has 5 heteroatoms. The SMILES string of the molecule is NC(=O)c1cc2c(cc1CBr)NC(=O)C2. The van der Waals surface area contributed by atoms with E-state index in [9.17, 15) is 9.59 Å². The summed E-state index contributed by atoms with van der Waals surface area (Å²) in [4.78, 5) is 22.3. The predicted octanol–water partition coefficient (Wildman–Crippen LogP) is 1.18. The zero-order chi connectivity index (χ0) is 11.0. The first-order valence-electron chi connectivity index (χ1n) is 4.43. The summed E-state index contributed by atoms with van der Waals surface area (Å²) >= 11 is 3.28. The van der Waals surface area contributed by atoms with Crippen LogP contribution in [0.4, 0.5) is 5.69 Å². The lowest BCUT2D eigenvalue weighted by Gasteiger charge is -2.06. The number of carbonyl (C=O) groups excluding carboxylic acids is 2. The van der Waals surface area contributed by atoms with Gasteiger partial charge in [0.25, 0.3) is 0 Å². The number of benzene rings is 1. The molecule has 4 nitrogen and oxygen atoms in total. The fourth-order valence-electron chi connectivity index (χ4n) is 1.66. The number of hydrogen-bond donors (Lipinski definition) is 2. The molecule has 0 aliphatic carbocycles. The number of alkyl halides is 1. The second-order valence-electron chi connectivity index (χ2n) is 3.39. The molecular formula is C10H9BrN2O2. The number of hydrogen-bond acceptors (Lipinski definition) is 2. The normalized spacial score (nSPS) is 13.5. The third-order valence-corrected chi connectivity index (χ3v) is 2.97. The van der Waals surface area contributed by atoms with E-state index in [1.807, 2.05) is 0 Å². The van der Waals surface area contributed by atoms with Crippen LogP contribution in [0.15, 0.2) is 12.1 Å². The van der Waals surface area contributed by atoms with Crippen LogP contribution >= 0.6 is 15.9 Å². The molecule has 15 heavy (non-hydrogen) atoms. The zero-order valence-electron chi connectivity index (χ0n) is 7.84. The van der Waals surface area contributed by atoms with Gasteiger partial charge >= 0.3 is 0 Å². The summed E-state index contributed by atoms with van der Waals surface area (Å²) in [6.07, 6.45) is 0.318. The predicted molar refractivity (Wildman–Crippen MR) is 59.9 cm³/mol. The Morgan fingerprint density at radius 1 is 1.53 bits per heavy atom. The minimum atomic E-state index is -0.466. The molecule has 78 valence electrons. The summed E-state index contributed by atoms with van der Waals surface area (Å²) in [6, 6.07) is 3.47. The molecule has 1 aromatic carbocycles. The van der Waals surface area contributed by atoms with E-state index in [1.54, 1.807) is 12.1 Å². The zero-order valence-corrected chi connectivity index (χ0v) is 9.43. The van der Waals surface area contributed by atoms with Crippen molar-refractivity contribution in [3.63, 3.8) is 0 Å². The van der Waals surface area contributed by atoms with Crippen molar-refractivity contribution in [1.29, 1.82) is 0 Å². The summed E-state index contributed by atoms with van der Waals surface area (Å²) in [6.45, 7) is 0. The van der Waals surface area contributed by atoms with E-state index >= 15 is 0 Å². The molecule has 3 N–H and O–H groups in total. The van der Waals surface area contributed by atoms with Gasteiger partial charge in [-0.1, -0.05) is 15.9 Å². The molecule has 1 aromatic rings. The molecule has 0 bridgehead atoms. The van der Waals surface area contributed by atoms with Crippen molar-refractivity contribution in [2.24, 2.45) is 5.73 Å². The highest BCUT2D eigenvalue weighted by Gasteiger charge is 2.20. The van der Waals surface area contributed by atoms with Gasteiger partial charge in [0, 0.05) is 16.6 Å². The average Bonchev–Trinajstić information content (AvgIpc) is 2.54. The number of primary amides is 1. The second kappa shape index (κ2) is 3.66. The van der Waals surface area contributed by atoms with Gasteiger partial charge in [0.05, 0.1) is 6.42 Å². The van der Waals surface area contributed by atoms with E-state index in [2.05, 4.69) is 21.2 Å². The van der Waals surface area contributed by atoms with Gasteiger partial charge in [-0.2, -0.15) is 0 Å². The molecule has 0 atom stereocenters. The molecular weight excluding hydrogens is 260 g/mol. The van der Waals surface area contributed by atoms with E-state index in [1.165, 1.54) is 0 Å². The van der Waals surface area contributed by atoms with Crippen LogP contribution < -0.4 is 11.1 Å². The number of rotatable bonds is 2. The Morgan fingerprint density at radius 3 is 2.87 bits per heavy atom. The maximum absolute atomic E-state index is 11.2. The molecule has 2 amide bonds. The van der Waals surface area contributed by atoms with E-state index in [0.717, 1.165) is 16.8 Å². The first-order valence-corrected chi connectivity index (χ1v) is 5.55. The molecule has 0 fully saturated rings. The first-order chi connectivity index (χ1) is 7.11. The third kappa shape index (κ3) is 1.74. The van der Waals surface area contributed by atoms with Crippen LogP contribution in [0.2, 0.25) is 0 Å². The van der Waals surface area contributed by atoms with Crippen LogP contribution in [0, 0.1) is 0 Å². The maximum Gasteiger partial charge on any atom is 0.249 e. The van der Waals surface area contributed by atoms with E-state index in [4.69, 9.17) is 5.73 Å². The monoisotopic (exact) mass is 268 g/mol. The number of halogens is 1. The van der Waals surface area contributed by atoms with E-state index < -0.39 is 5.91 Å². The molecule has 0 saturated carbocycles. The van der Waals surface area contributed by atoms with Crippen LogP contribution in [0.25, 0.3) is 0 Å². The van der Waals surface area contributed by atoms with Crippen molar-refractivity contribution in [1.82, 2.24) is 0 Å². The Bertz CT molecular complexity index is 457. The van der Waals surface area contributed by atoms with Crippen LogP contribution in [-0.2, 0) is 16.5 Å². The number of amides is 2. The van der Waals surface area contributed by atoms with Gasteiger partial charge < -0.3 is 11.1 Å². The molecule has 0 spiro atoms. The average molecular weight is 269 g/mol. The molecule has 1 aliphatic rings. The lowest BCUT2D eigenvalue weighted by molar-refractivity contribution is -0.115. The minimum Gasteiger partial charge on any atom is -0.366 e. The van der Waals surface area contributed by atoms with Gasteiger partial charge in [-0.3, -0.25) is 9.59 Å². The molecule has 0 radical (unpaired) electrons. The fourth-order valence-corrected chi connectivity index (χ4v) is 2.12. The van der Waals surface area contributed by atoms with Gasteiger partial charge in [0.1, 0.15) is 0 Å². The van der Waals surface area contributed by atoms with Crippen LogP contribution in [0.1, 0.15) is 21.5 Å². The summed E-state index contributed by atoms with van der Waals surface area (Å²) in [5.41, 5.74) is 8.13. The Morgan fingerprint density at radius 2 is 2.27 bits per heavy atom. The molecule has 2 rings (SSSR count). The standard InChI is InChI=1S/C10H9BrN2O2/c11-4-6-2-8-5(3-9(14)13-8)1-7(6)10(12)15/h1-2H,3-4H2,(H2,12,15)(H,13,14). The maximum atomic E-state index is 11.2. The third-order valence-electron chi connectivity index (χ3n) is 2.36. The van der Waals surface area contributed by atoms with Gasteiger partial charge in [0.2, 0.25) is 11.8 Å². The Kier molecular flexibility index (Phi) is 2.48. The Labute approximate surface area is 95.0 Å². The van der Waals surface area contributed by atoms with E-state index in [-0.39, 0.29) is 5.91 Å². The van der Waals surface area contributed by atoms with Crippen molar-refractivity contribution < 1.29 is 9.59 Å². The lowest BCUT2D eigenvalue weighted by atomic mass is 10.0. The number of anilines is 1.